The van der Waals surface area contributed by atoms with Gasteiger partial charge >= 0.3 is 0 Å². The Hall–Kier alpha value is -0.520. The fraction of sp³-hybridized carbons (Fsp3) is 0.667. The van der Waals surface area contributed by atoms with Crippen LogP contribution in [0.25, 0.3) is 0 Å². The third-order valence-corrected chi connectivity index (χ3v) is 1.13. The normalized spacial score (nSPS) is 9.75. The van der Waals surface area contributed by atoms with Crippen molar-refractivity contribution in [3.63, 3.8) is 0 Å². The van der Waals surface area contributed by atoms with Crippen LogP contribution in [0.4, 0.5) is 0 Å². The predicted molar refractivity (Wildman–Crippen MR) is 61.6 cm³/mol. The van der Waals surface area contributed by atoms with Gasteiger partial charge in [0.05, 0.1) is 0 Å². The molecular weight excluding hydrogens is 144 g/mol. The van der Waals surface area contributed by atoms with E-state index < -0.39 is 0 Å². The molecule has 0 fully saturated rings. The largest absolute Gasteiger partial charge is 0.0877 e. The van der Waals surface area contributed by atoms with Crippen molar-refractivity contribution in [3.05, 3.63) is 23.8 Å². The minimum Gasteiger partial charge on any atom is -0.0877 e. The van der Waals surface area contributed by atoms with E-state index in [1.165, 1.54) is 5.57 Å². The van der Waals surface area contributed by atoms with Crippen LogP contribution < -0.4 is 0 Å². The summed E-state index contributed by atoms with van der Waals surface area (Å²) < 4.78 is 0. The molecule has 0 amide bonds. The molecule has 0 spiro atoms. The molecule has 0 heterocycles. The monoisotopic (exact) mass is 170 g/mol. The van der Waals surface area contributed by atoms with Gasteiger partial charge in [-0.05, 0) is 20.3 Å². The third kappa shape index (κ3) is 22.7. The van der Waals surface area contributed by atoms with Crippen molar-refractivity contribution in [2.24, 2.45) is 0 Å². The SMILES string of the molecule is C/C=C\C=C(/C)CC.CC.CC. The van der Waals surface area contributed by atoms with Gasteiger partial charge in [0, 0.05) is 0 Å². The zero-order valence-corrected chi connectivity index (χ0v) is 9.94. The van der Waals surface area contributed by atoms with Crippen molar-refractivity contribution in [3.8, 4) is 0 Å². The predicted octanol–water partition coefficient (Wildman–Crippen LogP) is 4.97. The second kappa shape index (κ2) is 22.4. The lowest BCUT2D eigenvalue weighted by Crippen LogP contribution is -1.66. The van der Waals surface area contributed by atoms with Crippen LogP contribution in [-0.4, -0.2) is 0 Å². The molecule has 0 aliphatic heterocycles. The van der Waals surface area contributed by atoms with Crippen LogP contribution in [0.5, 0.6) is 0 Å². The molecule has 0 heteroatoms. The zero-order valence-electron chi connectivity index (χ0n) is 9.94. The molecule has 0 rings (SSSR count). The second-order valence-corrected chi connectivity index (χ2v) is 1.89. The first-order chi connectivity index (χ1) is 5.81. The molecule has 0 radical (unpaired) electrons. The second-order valence-electron chi connectivity index (χ2n) is 1.89. The van der Waals surface area contributed by atoms with Crippen molar-refractivity contribution < 1.29 is 0 Å². The summed E-state index contributed by atoms with van der Waals surface area (Å²) in [6.45, 7) is 14.3. The summed E-state index contributed by atoms with van der Waals surface area (Å²) in [6.07, 6.45) is 7.41. The van der Waals surface area contributed by atoms with Crippen molar-refractivity contribution in [2.75, 3.05) is 0 Å². The van der Waals surface area contributed by atoms with Gasteiger partial charge in [-0.15, -0.1) is 0 Å². The van der Waals surface area contributed by atoms with E-state index in [0.717, 1.165) is 6.42 Å². The van der Waals surface area contributed by atoms with E-state index in [-0.39, 0.29) is 0 Å². The van der Waals surface area contributed by atoms with Gasteiger partial charge in [0.2, 0.25) is 0 Å². The Labute approximate surface area is 79.4 Å². The fourth-order valence-electron chi connectivity index (χ4n) is 0.378. The minimum absolute atomic E-state index is 1.16. The van der Waals surface area contributed by atoms with Crippen LogP contribution in [0.3, 0.4) is 0 Å². The summed E-state index contributed by atoms with van der Waals surface area (Å²) in [6, 6.07) is 0. The van der Waals surface area contributed by atoms with E-state index in [9.17, 15) is 0 Å². The summed E-state index contributed by atoms with van der Waals surface area (Å²) in [4.78, 5) is 0. The molecule has 0 bridgehead atoms. The summed E-state index contributed by atoms with van der Waals surface area (Å²) in [5.41, 5.74) is 1.43. The number of allylic oxidation sites excluding steroid dienone is 4. The standard InChI is InChI=1S/C8H14.2C2H6/c1-4-6-7-8(3)5-2;2*1-2/h4,6-7H,5H2,1-3H3;2*1-2H3/b6-4-,8-7+;;. The summed E-state index contributed by atoms with van der Waals surface area (Å²) in [7, 11) is 0. The smallest absolute Gasteiger partial charge is 0.0349 e. The molecule has 74 valence electrons. The molecule has 0 aromatic carbocycles. The highest BCUT2D eigenvalue weighted by atomic mass is 13.8. The van der Waals surface area contributed by atoms with Gasteiger partial charge in [0.25, 0.3) is 0 Å². The lowest BCUT2D eigenvalue weighted by Gasteiger charge is -1.87. The van der Waals surface area contributed by atoms with Gasteiger partial charge in [-0.2, -0.15) is 0 Å². The first-order valence-electron chi connectivity index (χ1n) is 5.09. The fourth-order valence-corrected chi connectivity index (χ4v) is 0.378. The molecule has 0 unspecified atom stereocenters. The summed E-state index contributed by atoms with van der Waals surface area (Å²) in [5, 5.41) is 0. The Morgan fingerprint density at radius 1 is 1.08 bits per heavy atom. The lowest BCUT2D eigenvalue weighted by molar-refractivity contribution is 1.10. The van der Waals surface area contributed by atoms with Gasteiger partial charge in [0.15, 0.2) is 0 Å². The van der Waals surface area contributed by atoms with E-state index in [0.29, 0.717) is 0 Å². The topological polar surface area (TPSA) is 0 Å². The number of hydrogen-bond donors (Lipinski definition) is 0. The van der Waals surface area contributed by atoms with Crippen molar-refractivity contribution in [2.45, 2.75) is 54.9 Å². The van der Waals surface area contributed by atoms with Crippen LogP contribution in [0.15, 0.2) is 23.8 Å². The molecule has 0 nitrogen and oxygen atoms in total. The molecule has 12 heavy (non-hydrogen) atoms. The van der Waals surface area contributed by atoms with Crippen LogP contribution in [0.1, 0.15) is 54.9 Å². The van der Waals surface area contributed by atoms with E-state index >= 15 is 0 Å². The Morgan fingerprint density at radius 3 is 1.75 bits per heavy atom. The van der Waals surface area contributed by atoms with Gasteiger partial charge in [0.1, 0.15) is 0 Å². The summed E-state index contributed by atoms with van der Waals surface area (Å²) >= 11 is 0. The van der Waals surface area contributed by atoms with Gasteiger partial charge in [-0.1, -0.05) is 58.4 Å². The van der Waals surface area contributed by atoms with Crippen LogP contribution >= 0.6 is 0 Å². The van der Waals surface area contributed by atoms with Gasteiger partial charge in [-0.3, -0.25) is 0 Å². The molecule has 0 N–H and O–H groups in total. The molecule has 0 aromatic rings. The van der Waals surface area contributed by atoms with Crippen molar-refractivity contribution in [1.29, 1.82) is 0 Å². The van der Waals surface area contributed by atoms with Crippen LogP contribution in [-0.2, 0) is 0 Å². The maximum atomic E-state index is 2.16. The lowest BCUT2D eigenvalue weighted by atomic mass is 10.2. The molecule has 0 aliphatic rings. The van der Waals surface area contributed by atoms with Gasteiger partial charge < -0.3 is 0 Å². The Bertz CT molecular complexity index is 96.6. The van der Waals surface area contributed by atoms with Crippen LogP contribution in [0.2, 0.25) is 0 Å². The Balaban J connectivity index is -0.000000175. The van der Waals surface area contributed by atoms with Crippen LogP contribution in [0, 0.1) is 0 Å². The zero-order chi connectivity index (χ0) is 10.4. The van der Waals surface area contributed by atoms with Gasteiger partial charge in [-0.25, -0.2) is 0 Å². The Kier molecular flexibility index (Phi) is 32.8. The quantitative estimate of drug-likeness (QED) is 0.513. The number of rotatable bonds is 2. The molecule has 0 saturated heterocycles. The third-order valence-electron chi connectivity index (χ3n) is 1.13. The van der Waals surface area contributed by atoms with E-state index in [2.05, 4.69) is 26.0 Å². The highest BCUT2D eigenvalue weighted by molar-refractivity contribution is 5.08. The molecular formula is C12H26. The molecule has 0 aliphatic carbocycles. The Morgan fingerprint density at radius 2 is 1.50 bits per heavy atom. The highest BCUT2D eigenvalue weighted by Crippen LogP contribution is 1.96. The first kappa shape index (κ1) is 17.5. The van der Waals surface area contributed by atoms with Crippen molar-refractivity contribution in [1.82, 2.24) is 0 Å². The maximum Gasteiger partial charge on any atom is -0.0349 e. The molecule has 0 saturated carbocycles. The minimum atomic E-state index is 1.16. The highest BCUT2D eigenvalue weighted by Gasteiger charge is 1.75. The van der Waals surface area contributed by atoms with E-state index in [1.54, 1.807) is 0 Å². The average Bonchev–Trinajstić information content (AvgIpc) is 2.20. The first-order valence-corrected chi connectivity index (χ1v) is 5.09. The summed E-state index contributed by atoms with van der Waals surface area (Å²) in [5.74, 6) is 0. The van der Waals surface area contributed by atoms with Crippen molar-refractivity contribution >= 4 is 0 Å². The van der Waals surface area contributed by atoms with E-state index in [4.69, 9.17) is 0 Å². The number of hydrogen-bond acceptors (Lipinski definition) is 0. The van der Waals surface area contributed by atoms with E-state index in [1.807, 2.05) is 40.7 Å². The maximum absolute atomic E-state index is 2.16. The average molecular weight is 170 g/mol. The molecule has 0 atom stereocenters. The molecule has 0 aromatic heterocycles.